The Morgan fingerprint density at radius 3 is 2.84 bits per heavy atom. The van der Waals surface area contributed by atoms with E-state index in [0.29, 0.717) is 11.6 Å². The molecule has 2 nitrogen and oxygen atoms in total. The van der Waals surface area contributed by atoms with Crippen LogP contribution in [0.3, 0.4) is 0 Å². The molecule has 1 saturated heterocycles. The van der Waals surface area contributed by atoms with E-state index in [4.69, 9.17) is 4.74 Å². The molecule has 1 aliphatic heterocycles. The first-order chi connectivity index (χ1) is 9.17. The molecule has 2 aliphatic rings. The average Bonchev–Trinajstić information content (AvgIpc) is 2.82. The van der Waals surface area contributed by atoms with Gasteiger partial charge in [0.1, 0.15) is 5.82 Å². The molecule has 1 unspecified atom stereocenters. The highest BCUT2D eigenvalue weighted by molar-refractivity contribution is 5.46. The number of anilines is 1. The summed E-state index contributed by atoms with van der Waals surface area (Å²) in [4.78, 5) is 0. The van der Waals surface area contributed by atoms with Gasteiger partial charge in [0.15, 0.2) is 0 Å². The molecule has 0 bridgehead atoms. The van der Waals surface area contributed by atoms with E-state index in [0.717, 1.165) is 25.1 Å². The molecule has 1 aromatic rings. The summed E-state index contributed by atoms with van der Waals surface area (Å²) in [6, 6.07) is 5.73. The SMILES string of the molecule is Cc1cc(NC2CCOC3(CCCC3)C2)ccc1F. The fraction of sp³-hybridized carbons (Fsp3) is 0.625. The van der Waals surface area contributed by atoms with Crippen LogP contribution in [0.2, 0.25) is 0 Å². The Balaban J connectivity index is 1.67. The molecule has 0 amide bonds. The summed E-state index contributed by atoms with van der Waals surface area (Å²) < 4.78 is 19.3. The highest BCUT2D eigenvalue weighted by atomic mass is 19.1. The third kappa shape index (κ3) is 2.76. The number of ether oxygens (including phenoxy) is 1. The smallest absolute Gasteiger partial charge is 0.126 e. The van der Waals surface area contributed by atoms with Crippen LogP contribution in [0.15, 0.2) is 18.2 Å². The van der Waals surface area contributed by atoms with E-state index in [9.17, 15) is 4.39 Å². The first kappa shape index (κ1) is 12.9. The molecule has 1 atom stereocenters. The minimum absolute atomic E-state index is 0.130. The van der Waals surface area contributed by atoms with Crippen LogP contribution >= 0.6 is 0 Å². The minimum Gasteiger partial charge on any atom is -0.382 e. The lowest BCUT2D eigenvalue weighted by molar-refractivity contribution is -0.0767. The summed E-state index contributed by atoms with van der Waals surface area (Å²) in [5, 5.41) is 3.55. The number of rotatable bonds is 2. The molecule has 3 rings (SSSR count). The van der Waals surface area contributed by atoms with Gasteiger partial charge in [-0.3, -0.25) is 0 Å². The van der Waals surface area contributed by atoms with Crippen LogP contribution in [0, 0.1) is 12.7 Å². The molecule has 1 aliphatic carbocycles. The molecule has 1 N–H and O–H groups in total. The van der Waals surface area contributed by atoms with Crippen LogP contribution in [0.4, 0.5) is 10.1 Å². The van der Waals surface area contributed by atoms with Gasteiger partial charge in [-0.25, -0.2) is 4.39 Å². The minimum atomic E-state index is -0.134. The van der Waals surface area contributed by atoms with Crippen LogP contribution in [0.25, 0.3) is 0 Å². The van der Waals surface area contributed by atoms with E-state index in [1.165, 1.54) is 25.7 Å². The third-order valence-electron chi connectivity index (χ3n) is 4.54. The molecule has 19 heavy (non-hydrogen) atoms. The fourth-order valence-electron chi connectivity index (χ4n) is 3.49. The lowest BCUT2D eigenvalue weighted by atomic mass is 9.89. The van der Waals surface area contributed by atoms with E-state index in [1.807, 2.05) is 19.1 Å². The molecule has 0 radical (unpaired) electrons. The van der Waals surface area contributed by atoms with Crippen molar-refractivity contribution in [1.29, 1.82) is 0 Å². The molecule has 104 valence electrons. The van der Waals surface area contributed by atoms with Crippen molar-refractivity contribution in [3.8, 4) is 0 Å². The van der Waals surface area contributed by atoms with Gasteiger partial charge in [-0.2, -0.15) is 0 Å². The van der Waals surface area contributed by atoms with Crippen molar-refractivity contribution in [1.82, 2.24) is 0 Å². The van der Waals surface area contributed by atoms with Gasteiger partial charge < -0.3 is 10.1 Å². The van der Waals surface area contributed by atoms with Crippen molar-refractivity contribution in [3.63, 3.8) is 0 Å². The van der Waals surface area contributed by atoms with Gasteiger partial charge in [0.25, 0.3) is 0 Å². The van der Waals surface area contributed by atoms with Gasteiger partial charge >= 0.3 is 0 Å². The Hall–Kier alpha value is -1.09. The van der Waals surface area contributed by atoms with Crippen molar-refractivity contribution >= 4 is 5.69 Å². The van der Waals surface area contributed by atoms with E-state index in [-0.39, 0.29) is 11.4 Å². The second kappa shape index (κ2) is 5.12. The van der Waals surface area contributed by atoms with Crippen LogP contribution in [0.1, 0.15) is 44.1 Å². The lowest BCUT2D eigenvalue weighted by Crippen LogP contribution is -2.42. The summed E-state index contributed by atoms with van der Waals surface area (Å²) in [7, 11) is 0. The molecular weight excluding hydrogens is 241 g/mol. The normalized spacial score (nSPS) is 25.7. The Bertz CT molecular complexity index is 454. The maximum atomic E-state index is 13.3. The van der Waals surface area contributed by atoms with E-state index in [2.05, 4.69) is 5.32 Å². The molecule has 1 heterocycles. The van der Waals surface area contributed by atoms with Gasteiger partial charge in [-0.1, -0.05) is 12.8 Å². The summed E-state index contributed by atoms with van der Waals surface area (Å²) in [6.45, 7) is 2.65. The maximum absolute atomic E-state index is 13.3. The molecule has 1 saturated carbocycles. The van der Waals surface area contributed by atoms with Crippen molar-refractivity contribution in [2.24, 2.45) is 0 Å². The zero-order chi connectivity index (χ0) is 13.3. The number of hydrogen-bond acceptors (Lipinski definition) is 2. The quantitative estimate of drug-likeness (QED) is 0.869. The summed E-state index contributed by atoms with van der Waals surface area (Å²) in [6.07, 6.45) is 7.12. The number of hydrogen-bond donors (Lipinski definition) is 1. The summed E-state index contributed by atoms with van der Waals surface area (Å²) >= 11 is 0. The molecule has 1 spiro atoms. The zero-order valence-electron chi connectivity index (χ0n) is 11.5. The largest absolute Gasteiger partial charge is 0.382 e. The van der Waals surface area contributed by atoms with Crippen molar-refractivity contribution < 1.29 is 9.13 Å². The molecular formula is C16H22FNO. The van der Waals surface area contributed by atoms with Crippen LogP contribution in [-0.2, 0) is 4.74 Å². The maximum Gasteiger partial charge on any atom is 0.126 e. The van der Waals surface area contributed by atoms with E-state index < -0.39 is 0 Å². The summed E-state index contributed by atoms with van der Waals surface area (Å²) in [5.41, 5.74) is 1.86. The first-order valence-electron chi connectivity index (χ1n) is 7.34. The first-order valence-corrected chi connectivity index (χ1v) is 7.34. The Morgan fingerprint density at radius 1 is 1.32 bits per heavy atom. The van der Waals surface area contributed by atoms with Gasteiger partial charge in [0, 0.05) is 18.3 Å². The Kier molecular flexibility index (Phi) is 3.48. The van der Waals surface area contributed by atoms with Gasteiger partial charge in [-0.05, 0) is 56.4 Å². The number of halogens is 1. The van der Waals surface area contributed by atoms with E-state index in [1.54, 1.807) is 6.07 Å². The number of aryl methyl sites for hydroxylation is 1. The third-order valence-corrected chi connectivity index (χ3v) is 4.54. The monoisotopic (exact) mass is 263 g/mol. The van der Waals surface area contributed by atoms with Gasteiger partial charge in [-0.15, -0.1) is 0 Å². The molecule has 2 fully saturated rings. The summed E-state index contributed by atoms with van der Waals surface area (Å²) in [5.74, 6) is -0.134. The van der Waals surface area contributed by atoms with Crippen molar-refractivity contribution in [2.75, 3.05) is 11.9 Å². The van der Waals surface area contributed by atoms with Crippen molar-refractivity contribution in [2.45, 2.75) is 57.1 Å². The number of benzene rings is 1. The predicted octanol–water partition coefficient (Wildman–Crippen LogP) is 4.04. The molecule has 1 aromatic carbocycles. The van der Waals surface area contributed by atoms with Crippen LogP contribution in [-0.4, -0.2) is 18.2 Å². The highest BCUT2D eigenvalue weighted by Gasteiger charge is 2.39. The molecule has 3 heteroatoms. The van der Waals surface area contributed by atoms with Gasteiger partial charge in [0.2, 0.25) is 0 Å². The fourth-order valence-corrected chi connectivity index (χ4v) is 3.49. The predicted molar refractivity (Wildman–Crippen MR) is 74.9 cm³/mol. The molecule has 0 aromatic heterocycles. The van der Waals surface area contributed by atoms with Crippen LogP contribution in [0.5, 0.6) is 0 Å². The zero-order valence-corrected chi connectivity index (χ0v) is 11.5. The second-order valence-electron chi connectivity index (χ2n) is 6.04. The Morgan fingerprint density at radius 2 is 2.11 bits per heavy atom. The second-order valence-corrected chi connectivity index (χ2v) is 6.04. The van der Waals surface area contributed by atoms with Crippen LogP contribution < -0.4 is 5.32 Å². The Labute approximate surface area is 114 Å². The lowest BCUT2D eigenvalue weighted by Gasteiger charge is -2.39. The van der Waals surface area contributed by atoms with Crippen molar-refractivity contribution in [3.05, 3.63) is 29.6 Å². The standard InChI is InChI=1S/C16H22FNO/c1-12-10-13(4-5-15(12)17)18-14-6-9-19-16(11-14)7-2-3-8-16/h4-5,10,14,18H,2-3,6-9,11H2,1H3. The van der Waals surface area contributed by atoms with E-state index >= 15 is 0 Å². The topological polar surface area (TPSA) is 21.3 Å². The highest BCUT2D eigenvalue weighted by Crippen LogP contribution is 2.40. The van der Waals surface area contributed by atoms with Gasteiger partial charge in [0.05, 0.1) is 5.60 Å². The number of nitrogens with one attached hydrogen (secondary N) is 1. The average molecular weight is 263 g/mol.